The molecule has 2 fully saturated rings. The van der Waals surface area contributed by atoms with Crippen LogP contribution in [0.3, 0.4) is 0 Å². The summed E-state index contributed by atoms with van der Waals surface area (Å²) < 4.78 is 5.73. The maximum absolute atomic E-state index is 12.7. The lowest BCUT2D eigenvalue weighted by Crippen LogP contribution is -2.44. The Bertz CT molecular complexity index is 813. The summed E-state index contributed by atoms with van der Waals surface area (Å²) in [6.45, 7) is 1.50. The normalized spacial score (nSPS) is 25.5. The molecule has 0 bridgehead atoms. The van der Waals surface area contributed by atoms with E-state index in [1.54, 1.807) is 4.90 Å². The van der Waals surface area contributed by atoms with Gasteiger partial charge in [-0.3, -0.25) is 0 Å². The summed E-state index contributed by atoms with van der Waals surface area (Å²) in [7, 11) is 0. The summed E-state index contributed by atoms with van der Waals surface area (Å²) in [5.74, 6) is 0.0661. The standard InChI is InChI=1S/C21H22N2O3.ClH/c24-19-11-22-18-9-10-23(20(18)19)21(25)26-12-17-15-7-3-1-5-13(15)14-6-2-4-8-16(14)17;/h1-8,17-20,22,24H,9-12H2;1H. The summed E-state index contributed by atoms with van der Waals surface area (Å²) in [4.78, 5) is 14.4. The number of nitrogens with one attached hydrogen (secondary N) is 1. The molecule has 3 atom stereocenters. The smallest absolute Gasteiger partial charge is 0.410 e. The molecule has 2 aromatic carbocycles. The molecule has 27 heavy (non-hydrogen) atoms. The highest BCUT2D eigenvalue weighted by molar-refractivity contribution is 5.85. The molecule has 3 aliphatic rings. The third-order valence-electron chi connectivity index (χ3n) is 6.01. The number of aliphatic hydroxyl groups excluding tert-OH is 1. The lowest BCUT2D eigenvalue weighted by molar-refractivity contribution is 0.0634. The highest BCUT2D eigenvalue weighted by Gasteiger charge is 2.46. The highest BCUT2D eigenvalue weighted by Crippen LogP contribution is 2.44. The predicted octanol–water partition coefficient (Wildman–Crippen LogP) is 2.76. The van der Waals surface area contributed by atoms with E-state index in [4.69, 9.17) is 4.74 Å². The van der Waals surface area contributed by atoms with E-state index >= 15 is 0 Å². The van der Waals surface area contributed by atoms with Crippen molar-refractivity contribution in [1.29, 1.82) is 0 Å². The molecule has 0 saturated carbocycles. The minimum absolute atomic E-state index is 0. The Morgan fingerprint density at radius 1 is 1.11 bits per heavy atom. The van der Waals surface area contributed by atoms with Crippen molar-refractivity contribution >= 4 is 18.5 Å². The molecule has 2 saturated heterocycles. The first kappa shape index (κ1) is 18.3. The Hall–Kier alpha value is -2.08. The number of benzene rings is 2. The topological polar surface area (TPSA) is 61.8 Å². The number of ether oxygens (including phenoxy) is 1. The maximum atomic E-state index is 12.7. The van der Waals surface area contributed by atoms with Gasteiger partial charge in [0.2, 0.25) is 0 Å². The van der Waals surface area contributed by atoms with Gasteiger partial charge in [0.05, 0.1) is 12.1 Å². The van der Waals surface area contributed by atoms with Gasteiger partial charge in [-0.15, -0.1) is 12.4 Å². The molecule has 5 nitrogen and oxygen atoms in total. The highest BCUT2D eigenvalue weighted by atomic mass is 35.5. The monoisotopic (exact) mass is 386 g/mol. The van der Waals surface area contributed by atoms with Crippen molar-refractivity contribution in [3.8, 4) is 11.1 Å². The van der Waals surface area contributed by atoms with Crippen molar-refractivity contribution in [2.45, 2.75) is 30.5 Å². The molecule has 2 heterocycles. The Balaban J connectivity index is 0.00000180. The summed E-state index contributed by atoms with van der Waals surface area (Å²) in [5, 5.41) is 13.4. The van der Waals surface area contributed by atoms with E-state index in [9.17, 15) is 9.90 Å². The van der Waals surface area contributed by atoms with Gasteiger partial charge in [0, 0.05) is 25.0 Å². The van der Waals surface area contributed by atoms with Crippen LogP contribution in [0.1, 0.15) is 23.5 Å². The zero-order chi connectivity index (χ0) is 17.7. The molecule has 0 aromatic heterocycles. The second-order valence-electron chi connectivity index (χ2n) is 7.36. The Kier molecular flexibility index (Phi) is 4.84. The fraction of sp³-hybridized carbons (Fsp3) is 0.381. The number of β-amino-alcohol motifs (C(OH)–C–C–N with tert-alkyl or cyclic N) is 1. The number of likely N-dealkylation sites (tertiary alicyclic amines) is 1. The van der Waals surface area contributed by atoms with E-state index < -0.39 is 6.10 Å². The molecule has 1 amide bonds. The number of hydrogen-bond acceptors (Lipinski definition) is 4. The molecular formula is C21H23ClN2O3. The lowest BCUT2D eigenvalue weighted by Gasteiger charge is -2.26. The lowest BCUT2D eigenvalue weighted by atomic mass is 9.98. The van der Waals surface area contributed by atoms with Crippen molar-refractivity contribution in [1.82, 2.24) is 10.2 Å². The SMILES string of the molecule is Cl.O=C(OCC1c2ccccc2-c2ccccc21)N1CCC2NCC(O)C21. The fourth-order valence-electron chi connectivity index (χ4n) is 4.80. The second kappa shape index (κ2) is 7.15. The molecule has 2 aliphatic heterocycles. The molecule has 2 N–H and O–H groups in total. The first-order valence-electron chi connectivity index (χ1n) is 9.27. The minimum atomic E-state index is -0.511. The van der Waals surface area contributed by atoms with Crippen LogP contribution in [0.4, 0.5) is 4.79 Å². The van der Waals surface area contributed by atoms with E-state index in [-0.39, 0.29) is 36.5 Å². The van der Waals surface area contributed by atoms with Crippen LogP contribution in [0, 0.1) is 0 Å². The number of fused-ring (bicyclic) bond motifs is 4. The fourth-order valence-corrected chi connectivity index (χ4v) is 4.80. The van der Waals surface area contributed by atoms with Gasteiger partial charge >= 0.3 is 6.09 Å². The molecule has 2 aromatic rings. The largest absolute Gasteiger partial charge is 0.448 e. The summed E-state index contributed by atoms with van der Waals surface area (Å²) in [6.07, 6.45) is 0.0384. The van der Waals surface area contributed by atoms with E-state index in [1.165, 1.54) is 22.3 Å². The molecular weight excluding hydrogens is 364 g/mol. The number of hydrogen-bond donors (Lipinski definition) is 2. The van der Waals surface area contributed by atoms with Gasteiger partial charge in [0.1, 0.15) is 6.61 Å². The van der Waals surface area contributed by atoms with E-state index in [0.29, 0.717) is 19.7 Å². The van der Waals surface area contributed by atoms with Crippen molar-refractivity contribution in [3.63, 3.8) is 0 Å². The van der Waals surface area contributed by atoms with Gasteiger partial charge in [0.25, 0.3) is 0 Å². The van der Waals surface area contributed by atoms with Crippen LogP contribution in [0.15, 0.2) is 48.5 Å². The van der Waals surface area contributed by atoms with Gasteiger partial charge < -0.3 is 20.1 Å². The first-order valence-corrected chi connectivity index (χ1v) is 9.27. The number of aliphatic hydroxyl groups is 1. The Morgan fingerprint density at radius 3 is 2.41 bits per heavy atom. The number of carbonyl (C=O) groups is 1. The molecule has 0 radical (unpaired) electrons. The first-order chi connectivity index (χ1) is 12.7. The quantitative estimate of drug-likeness (QED) is 0.833. The second-order valence-corrected chi connectivity index (χ2v) is 7.36. The number of amides is 1. The summed E-state index contributed by atoms with van der Waals surface area (Å²) in [6, 6.07) is 16.7. The predicted molar refractivity (Wildman–Crippen MR) is 105 cm³/mol. The van der Waals surface area contributed by atoms with Gasteiger partial charge in [0.15, 0.2) is 0 Å². The zero-order valence-electron chi connectivity index (χ0n) is 14.9. The number of nitrogens with zero attached hydrogens (tertiary/aromatic N) is 1. The Labute approximate surface area is 164 Å². The molecule has 6 heteroatoms. The number of halogens is 1. The molecule has 0 spiro atoms. The van der Waals surface area contributed by atoms with Crippen LogP contribution in [-0.2, 0) is 4.74 Å². The van der Waals surface area contributed by atoms with E-state index in [1.807, 2.05) is 24.3 Å². The van der Waals surface area contributed by atoms with Gasteiger partial charge in [-0.05, 0) is 28.7 Å². The van der Waals surface area contributed by atoms with Crippen molar-refractivity contribution in [2.75, 3.05) is 19.7 Å². The average Bonchev–Trinajstić information content (AvgIpc) is 3.34. The third-order valence-corrected chi connectivity index (χ3v) is 6.01. The van der Waals surface area contributed by atoms with Crippen LogP contribution >= 0.6 is 12.4 Å². The maximum Gasteiger partial charge on any atom is 0.410 e. The number of carbonyl (C=O) groups excluding carboxylic acids is 1. The van der Waals surface area contributed by atoms with Gasteiger partial charge in [-0.25, -0.2) is 4.79 Å². The number of rotatable bonds is 2. The molecule has 3 unspecified atom stereocenters. The van der Waals surface area contributed by atoms with Crippen LogP contribution < -0.4 is 5.32 Å². The Morgan fingerprint density at radius 2 is 1.74 bits per heavy atom. The zero-order valence-corrected chi connectivity index (χ0v) is 15.7. The molecule has 5 rings (SSSR count). The van der Waals surface area contributed by atoms with Crippen LogP contribution in [0.2, 0.25) is 0 Å². The van der Waals surface area contributed by atoms with Crippen LogP contribution in [0.25, 0.3) is 11.1 Å². The summed E-state index contributed by atoms with van der Waals surface area (Å²) in [5.41, 5.74) is 4.87. The van der Waals surface area contributed by atoms with Gasteiger partial charge in [-0.1, -0.05) is 48.5 Å². The van der Waals surface area contributed by atoms with Crippen LogP contribution in [0.5, 0.6) is 0 Å². The van der Waals surface area contributed by atoms with Crippen molar-refractivity contribution < 1.29 is 14.6 Å². The summed E-state index contributed by atoms with van der Waals surface area (Å²) >= 11 is 0. The van der Waals surface area contributed by atoms with E-state index in [0.717, 1.165) is 6.42 Å². The molecule has 1 aliphatic carbocycles. The van der Waals surface area contributed by atoms with Crippen molar-refractivity contribution in [3.05, 3.63) is 59.7 Å². The minimum Gasteiger partial charge on any atom is -0.448 e. The van der Waals surface area contributed by atoms with E-state index in [2.05, 4.69) is 29.6 Å². The van der Waals surface area contributed by atoms with Crippen LogP contribution in [-0.4, -0.2) is 54.0 Å². The van der Waals surface area contributed by atoms with Gasteiger partial charge in [-0.2, -0.15) is 0 Å². The average molecular weight is 387 g/mol. The van der Waals surface area contributed by atoms with Crippen molar-refractivity contribution in [2.24, 2.45) is 0 Å². The molecule has 142 valence electrons. The third kappa shape index (κ3) is 2.90.